The maximum Gasteiger partial charge on any atom is 0.161 e. The van der Waals surface area contributed by atoms with Crippen LogP contribution < -0.4 is 0 Å². The van der Waals surface area contributed by atoms with Crippen molar-refractivity contribution in [3.05, 3.63) is 35.9 Å². The van der Waals surface area contributed by atoms with Crippen LogP contribution in [0.1, 0.15) is 26.3 Å². The highest BCUT2D eigenvalue weighted by Crippen LogP contribution is 2.39. The summed E-state index contributed by atoms with van der Waals surface area (Å²) in [4.78, 5) is 2.17. The fourth-order valence-electron chi connectivity index (χ4n) is 1.95. The van der Waals surface area contributed by atoms with Gasteiger partial charge in [0.25, 0.3) is 0 Å². The normalized spacial score (nSPS) is 21.1. The van der Waals surface area contributed by atoms with Crippen LogP contribution in [-0.2, 0) is 5.67 Å². The molecule has 1 aromatic carbocycles. The van der Waals surface area contributed by atoms with Crippen molar-refractivity contribution < 1.29 is 4.39 Å². The zero-order valence-corrected chi connectivity index (χ0v) is 9.63. The molecule has 2 heteroatoms. The second-order valence-corrected chi connectivity index (χ2v) is 5.36. The molecular weight excluding hydrogens is 189 g/mol. The first-order valence-electron chi connectivity index (χ1n) is 5.41. The Morgan fingerprint density at radius 3 is 2.13 bits per heavy atom. The third-order valence-electron chi connectivity index (χ3n) is 3.12. The van der Waals surface area contributed by atoms with E-state index in [0.29, 0.717) is 13.1 Å². The average Bonchev–Trinajstić information content (AvgIpc) is 2.13. The van der Waals surface area contributed by atoms with Gasteiger partial charge in [0.2, 0.25) is 0 Å². The summed E-state index contributed by atoms with van der Waals surface area (Å²) in [6, 6.07) is 9.47. The van der Waals surface area contributed by atoms with Gasteiger partial charge in [-0.15, -0.1) is 0 Å². The quantitative estimate of drug-likeness (QED) is 0.684. The van der Waals surface area contributed by atoms with Gasteiger partial charge in [0.1, 0.15) is 0 Å². The second-order valence-electron chi connectivity index (χ2n) is 5.36. The molecule has 15 heavy (non-hydrogen) atoms. The van der Waals surface area contributed by atoms with Crippen LogP contribution in [0.4, 0.5) is 4.39 Å². The van der Waals surface area contributed by atoms with Crippen LogP contribution in [0.15, 0.2) is 30.3 Å². The molecule has 0 saturated carbocycles. The molecule has 2 rings (SSSR count). The van der Waals surface area contributed by atoms with Gasteiger partial charge in [-0.05, 0) is 26.3 Å². The molecule has 1 nitrogen and oxygen atoms in total. The molecule has 0 spiro atoms. The minimum atomic E-state index is -1.13. The lowest BCUT2D eigenvalue weighted by atomic mass is 9.84. The van der Waals surface area contributed by atoms with Crippen molar-refractivity contribution in [1.29, 1.82) is 0 Å². The van der Waals surface area contributed by atoms with Crippen molar-refractivity contribution in [3.63, 3.8) is 0 Å². The lowest BCUT2D eigenvalue weighted by Gasteiger charge is -2.51. The van der Waals surface area contributed by atoms with Crippen molar-refractivity contribution in [1.82, 2.24) is 4.90 Å². The molecule has 1 heterocycles. The maximum atomic E-state index is 14.4. The van der Waals surface area contributed by atoms with E-state index in [2.05, 4.69) is 25.7 Å². The highest BCUT2D eigenvalue weighted by Gasteiger charge is 2.48. The van der Waals surface area contributed by atoms with E-state index in [1.165, 1.54) is 0 Å². The first-order valence-corrected chi connectivity index (χ1v) is 5.41. The number of hydrogen-bond donors (Lipinski definition) is 0. The summed E-state index contributed by atoms with van der Waals surface area (Å²) in [5.74, 6) is 0. The fraction of sp³-hybridized carbons (Fsp3) is 0.538. The number of rotatable bonds is 1. The van der Waals surface area contributed by atoms with Gasteiger partial charge < -0.3 is 0 Å². The molecule has 1 aromatic rings. The van der Waals surface area contributed by atoms with Crippen LogP contribution >= 0.6 is 0 Å². The zero-order valence-electron chi connectivity index (χ0n) is 9.63. The van der Waals surface area contributed by atoms with Gasteiger partial charge >= 0.3 is 0 Å². The molecule has 0 unspecified atom stereocenters. The summed E-state index contributed by atoms with van der Waals surface area (Å²) >= 11 is 0. The minimum absolute atomic E-state index is 0.0738. The first-order chi connectivity index (χ1) is 6.92. The fourth-order valence-corrected chi connectivity index (χ4v) is 1.95. The summed E-state index contributed by atoms with van der Waals surface area (Å²) in [5, 5.41) is 0. The third kappa shape index (κ3) is 1.91. The van der Waals surface area contributed by atoms with E-state index in [-0.39, 0.29) is 5.54 Å². The Hall–Kier alpha value is -0.890. The van der Waals surface area contributed by atoms with E-state index < -0.39 is 5.67 Å². The van der Waals surface area contributed by atoms with Crippen LogP contribution in [0.25, 0.3) is 0 Å². The Balaban J connectivity index is 2.09. The van der Waals surface area contributed by atoms with Crippen LogP contribution in [0.2, 0.25) is 0 Å². The number of likely N-dealkylation sites (tertiary alicyclic amines) is 1. The van der Waals surface area contributed by atoms with Crippen LogP contribution in [0, 0.1) is 0 Å². The molecule has 0 aliphatic carbocycles. The number of hydrogen-bond acceptors (Lipinski definition) is 1. The number of benzene rings is 1. The lowest BCUT2D eigenvalue weighted by Crippen LogP contribution is -2.62. The summed E-state index contributed by atoms with van der Waals surface area (Å²) in [7, 11) is 0. The summed E-state index contributed by atoms with van der Waals surface area (Å²) in [6.07, 6.45) is 0. The predicted octanol–water partition coefficient (Wildman–Crippen LogP) is 2.97. The van der Waals surface area contributed by atoms with E-state index in [0.717, 1.165) is 5.56 Å². The lowest BCUT2D eigenvalue weighted by molar-refractivity contribution is -0.0843. The molecule has 0 aromatic heterocycles. The first kappa shape index (κ1) is 10.6. The van der Waals surface area contributed by atoms with E-state index in [1.807, 2.05) is 30.3 Å². The van der Waals surface area contributed by atoms with E-state index >= 15 is 0 Å². The molecule has 1 fully saturated rings. The molecule has 82 valence electrons. The topological polar surface area (TPSA) is 3.24 Å². The molecule has 1 aliphatic rings. The van der Waals surface area contributed by atoms with Crippen molar-refractivity contribution >= 4 is 0 Å². The van der Waals surface area contributed by atoms with E-state index in [9.17, 15) is 4.39 Å². The predicted molar refractivity (Wildman–Crippen MR) is 60.6 cm³/mol. The van der Waals surface area contributed by atoms with Crippen molar-refractivity contribution in [2.75, 3.05) is 13.1 Å². The largest absolute Gasteiger partial charge is 0.291 e. The van der Waals surface area contributed by atoms with Crippen molar-refractivity contribution in [2.45, 2.75) is 32.0 Å². The number of alkyl halides is 1. The molecule has 0 bridgehead atoms. The SMILES string of the molecule is CC(C)(C)N1CC(F)(c2ccccc2)C1. The highest BCUT2D eigenvalue weighted by atomic mass is 19.1. The van der Waals surface area contributed by atoms with Gasteiger partial charge in [-0.2, -0.15) is 0 Å². The summed E-state index contributed by atoms with van der Waals surface area (Å²) in [5.41, 5.74) is -0.246. The smallest absolute Gasteiger partial charge is 0.161 e. The molecule has 0 atom stereocenters. The Bertz CT molecular complexity index is 333. The van der Waals surface area contributed by atoms with Gasteiger partial charge in [0.05, 0.1) is 0 Å². The average molecular weight is 207 g/mol. The highest BCUT2D eigenvalue weighted by molar-refractivity contribution is 5.26. The Morgan fingerprint density at radius 2 is 1.67 bits per heavy atom. The molecular formula is C13H18FN. The zero-order chi connectivity index (χ0) is 11.1. The van der Waals surface area contributed by atoms with Crippen LogP contribution in [0.5, 0.6) is 0 Å². The molecule has 1 aliphatic heterocycles. The summed E-state index contributed by atoms with van der Waals surface area (Å²) < 4.78 is 14.4. The Morgan fingerprint density at radius 1 is 1.13 bits per heavy atom. The molecule has 0 radical (unpaired) electrons. The monoisotopic (exact) mass is 207 g/mol. The molecule has 0 N–H and O–H groups in total. The van der Waals surface area contributed by atoms with E-state index in [1.54, 1.807) is 0 Å². The van der Waals surface area contributed by atoms with Gasteiger partial charge in [-0.3, -0.25) is 4.90 Å². The molecule has 0 amide bonds. The van der Waals surface area contributed by atoms with E-state index in [4.69, 9.17) is 0 Å². The minimum Gasteiger partial charge on any atom is -0.291 e. The third-order valence-corrected chi connectivity index (χ3v) is 3.12. The molecule has 1 saturated heterocycles. The standard InChI is InChI=1S/C13H18FN/c1-12(2,3)15-9-13(14,10-15)11-7-5-4-6-8-11/h4-8H,9-10H2,1-3H3. The summed E-state index contributed by atoms with van der Waals surface area (Å²) in [6.45, 7) is 7.40. The number of halogens is 1. The van der Waals surface area contributed by atoms with Gasteiger partial charge in [0, 0.05) is 18.6 Å². The van der Waals surface area contributed by atoms with Crippen molar-refractivity contribution in [3.8, 4) is 0 Å². The Kier molecular flexibility index (Phi) is 2.34. The van der Waals surface area contributed by atoms with Gasteiger partial charge in [0.15, 0.2) is 5.67 Å². The van der Waals surface area contributed by atoms with Crippen LogP contribution in [-0.4, -0.2) is 23.5 Å². The number of nitrogens with zero attached hydrogens (tertiary/aromatic N) is 1. The van der Waals surface area contributed by atoms with Crippen molar-refractivity contribution in [2.24, 2.45) is 0 Å². The van der Waals surface area contributed by atoms with Crippen LogP contribution in [0.3, 0.4) is 0 Å². The van der Waals surface area contributed by atoms with Gasteiger partial charge in [-0.1, -0.05) is 30.3 Å². The van der Waals surface area contributed by atoms with Gasteiger partial charge in [-0.25, -0.2) is 4.39 Å². The Labute approximate surface area is 90.9 Å². The maximum absolute atomic E-state index is 14.4. The second kappa shape index (κ2) is 3.31.